The van der Waals surface area contributed by atoms with Crippen LogP contribution in [0.5, 0.6) is 0 Å². The van der Waals surface area contributed by atoms with Crippen LogP contribution in [0.3, 0.4) is 0 Å². The number of likely N-dealkylation sites (tertiary alicyclic amines) is 1. The summed E-state index contributed by atoms with van der Waals surface area (Å²) < 4.78 is 0. The Hall–Kier alpha value is -3.14. The zero-order valence-corrected chi connectivity index (χ0v) is 18.1. The third-order valence-corrected chi connectivity index (χ3v) is 6.62. The first kappa shape index (κ1) is 19.8. The Morgan fingerprint density at radius 3 is 2.68 bits per heavy atom. The highest BCUT2D eigenvalue weighted by molar-refractivity contribution is 5.91. The molecule has 4 nitrogen and oxygen atoms in total. The van der Waals surface area contributed by atoms with E-state index in [0.717, 1.165) is 72.5 Å². The van der Waals surface area contributed by atoms with Crippen LogP contribution in [0.2, 0.25) is 0 Å². The van der Waals surface area contributed by atoms with E-state index in [-0.39, 0.29) is 0 Å². The number of hydrogen-bond acceptors (Lipinski definition) is 2. The van der Waals surface area contributed by atoms with Gasteiger partial charge >= 0.3 is 0 Å². The van der Waals surface area contributed by atoms with Crippen molar-refractivity contribution in [3.63, 3.8) is 0 Å². The second kappa shape index (κ2) is 8.54. The van der Waals surface area contributed by atoms with Crippen LogP contribution in [-0.2, 0) is 11.2 Å². The number of rotatable bonds is 5. The Kier molecular flexibility index (Phi) is 5.46. The molecule has 4 aromatic rings. The molecule has 1 aliphatic heterocycles. The molecule has 0 spiro atoms. The van der Waals surface area contributed by atoms with Gasteiger partial charge in [0.2, 0.25) is 5.91 Å². The number of aromatic amines is 1. The van der Waals surface area contributed by atoms with Gasteiger partial charge in [-0.3, -0.25) is 4.79 Å². The Morgan fingerprint density at radius 1 is 1.03 bits per heavy atom. The molecule has 4 heteroatoms. The number of para-hydroxylation sites is 2. The molecule has 0 saturated carbocycles. The second-order valence-electron chi connectivity index (χ2n) is 8.83. The quantitative estimate of drug-likeness (QED) is 0.440. The van der Waals surface area contributed by atoms with Gasteiger partial charge in [0, 0.05) is 35.8 Å². The summed E-state index contributed by atoms with van der Waals surface area (Å²) in [5.74, 6) is 1.05. The maximum atomic E-state index is 12.7. The summed E-state index contributed by atoms with van der Waals surface area (Å²) in [6.07, 6.45) is 4.59. The Balaban J connectivity index is 1.39. The minimum atomic E-state index is 0.303. The van der Waals surface area contributed by atoms with Crippen molar-refractivity contribution in [2.45, 2.75) is 39.0 Å². The normalized spacial score (nSPS) is 15.1. The molecule has 2 aromatic carbocycles. The maximum absolute atomic E-state index is 12.7. The zero-order chi connectivity index (χ0) is 21.2. The van der Waals surface area contributed by atoms with Gasteiger partial charge in [0.25, 0.3) is 0 Å². The highest BCUT2D eigenvalue weighted by Crippen LogP contribution is 2.31. The van der Waals surface area contributed by atoms with Crippen LogP contribution in [0.15, 0.2) is 60.7 Å². The third-order valence-electron chi connectivity index (χ3n) is 6.62. The van der Waals surface area contributed by atoms with E-state index in [1.165, 1.54) is 10.9 Å². The molecule has 0 atom stereocenters. The number of carbonyl (C=O) groups is 1. The van der Waals surface area contributed by atoms with Gasteiger partial charge < -0.3 is 9.88 Å². The summed E-state index contributed by atoms with van der Waals surface area (Å²) >= 11 is 0. The minimum Gasteiger partial charge on any atom is -0.353 e. The summed E-state index contributed by atoms with van der Waals surface area (Å²) in [4.78, 5) is 23.3. The number of aromatic nitrogens is 2. The van der Waals surface area contributed by atoms with Crippen LogP contribution < -0.4 is 0 Å². The van der Waals surface area contributed by atoms with Crippen LogP contribution in [0.1, 0.15) is 38.2 Å². The molecule has 1 fully saturated rings. The number of nitrogens with zero attached hydrogens (tertiary/aromatic N) is 2. The molecular formula is C27H29N3O. The number of amides is 1. The first-order valence-corrected chi connectivity index (χ1v) is 11.4. The van der Waals surface area contributed by atoms with Crippen LogP contribution in [0, 0.1) is 5.92 Å². The fourth-order valence-electron chi connectivity index (χ4n) is 4.72. The van der Waals surface area contributed by atoms with E-state index in [0.29, 0.717) is 12.3 Å². The fourth-order valence-corrected chi connectivity index (χ4v) is 4.72. The smallest absolute Gasteiger partial charge is 0.222 e. The molecule has 0 bridgehead atoms. The second-order valence-corrected chi connectivity index (χ2v) is 8.83. The van der Waals surface area contributed by atoms with Crippen molar-refractivity contribution in [2.24, 2.45) is 5.92 Å². The van der Waals surface area contributed by atoms with Gasteiger partial charge in [-0.15, -0.1) is 0 Å². The van der Waals surface area contributed by atoms with Gasteiger partial charge in [0.1, 0.15) is 0 Å². The third kappa shape index (κ3) is 4.07. The first-order chi connectivity index (χ1) is 15.2. The number of fused-ring (bicyclic) bond motifs is 2. The van der Waals surface area contributed by atoms with E-state index in [1.807, 2.05) is 12.1 Å². The number of aryl methyl sites for hydroxylation is 1. The Morgan fingerprint density at radius 2 is 1.81 bits per heavy atom. The van der Waals surface area contributed by atoms with Gasteiger partial charge in [0.05, 0.1) is 16.9 Å². The average Bonchev–Trinajstić information content (AvgIpc) is 3.18. The highest BCUT2D eigenvalue weighted by atomic mass is 16.2. The van der Waals surface area contributed by atoms with Crippen molar-refractivity contribution in [3.05, 3.63) is 66.2 Å². The van der Waals surface area contributed by atoms with Crippen LogP contribution >= 0.6 is 0 Å². The molecule has 31 heavy (non-hydrogen) atoms. The number of H-pyrrole nitrogens is 1. The summed E-state index contributed by atoms with van der Waals surface area (Å²) in [7, 11) is 0. The lowest BCUT2D eigenvalue weighted by atomic mass is 9.98. The van der Waals surface area contributed by atoms with Crippen molar-refractivity contribution in [1.29, 1.82) is 0 Å². The van der Waals surface area contributed by atoms with Crippen molar-refractivity contribution >= 4 is 27.7 Å². The van der Waals surface area contributed by atoms with Gasteiger partial charge in [0.15, 0.2) is 0 Å². The van der Waals surface area contributed by atoms with E-state index < -0.39 is 0 Å². The van der Waals surface area contributed by atoms with E-state index >= 15 is 0 Å². The predicted octanol–water partition coefficient (Wildman–Crippen LogP) is 5.96. The number of nitrogens with one attached hydrogen (secondary N) is 1. The molecule has 0 unspecified atom stereocenters. The lowest BCUT2D eigenvalue weighted by Crippen LogP contribution is -2.37. The number of benzene rings is 2. The fraction of sp³-hybridized carbons (Fsp3) is 0.333. The Labute approximate surface area is 183 Å². The van der Waals surface area contributed by atoms with E-state index in [2.05, 4.69) is 65.3 Å². The van der Waals surface area contributed by atoms with E-state index in [4.69, 9.17) is 4.98 Å². The molecule has 158 valence electrons. The zero-order valence-electron chi connectivity index (χ0n) is 18.1. The SMILES string of the molecule is CC1CCN(C(=O)CCCc2c(-c3ccc4ccccc4n3)[nH]c3ccccc23)CC1. The summed E-state index contributed by atoms with van der Waals surface area (Å²) in [6.45, 7) is 4.11. The summed E-state index contributed by atoms with van der Waals surface area (Å²) in [5, 5.41) is 2.37. The molecule has 1 aliphatic rings. The molecule has 2 aromatic heterocycles. The monoisotopic (exact) mass is 411 g/mol. The lowest BCUT2D eigenvalue weighted by Gasteiger charge is -2.30. The van der Waals surface area contributed by atoms with Gasteiger partial charge in [-0.25, -0.2) is 4.98 Å². The van der Waals surface area contributed by atoms with Crippen molar-refractivity contribution in [1.82, 2.24) is 14.9 Å². The summed E-state index contributed by atoms with van der Waals surface area (Å²) in [5.41, 5.74) is 5.42. The highest BCUT2D eigenvalue weighted by Gasteiger charge is 2.20. The number of pyridine rings is 1. The predicted molar refractivity (Wildman–Crippen MR) is 127 cm³/mol. The summed E-state index contributed by atoms with van der Waals surface area (Å²) in [6, 6.07) is 20.9. The lowest BCUT2D eigenvalue weighted by molar-refractivity contribution is -0.132. The Bertz CT molecular complexity index is 1220. The van der Waals surface area contributed by atoms with E-state index in [1.54, 1.807) is 0 Å². The standard InChI is InChI=1S/C27H29N3O/c1-19-15-17-30(18-16-19)26(31)12-6-9-22-21-8-3-5-11-24(21)29-27(22)25-14-13-20-7-2-4-10-23(20)28-25/h2-5,7-8,10-11,13-14,19,29H,6,9,12,15-18H2,1H3. The molecule has 0 radical (unpaired) electrons. The molecule has 5 rings (SSSR count). The molecule has 0 aliphatic carbocycles. The maximum Gasteiger partial charge on any atom is 0.222 e. The van der Waals surface area contributed by atoms with Gasteiger partial charge in [-0.1, -0.05) is 49.4 Å². The van der Waals surface area contributed by atoms with Crippen LogP contribution in [0.4, 0.5) is 0 Å². The van der Waals surface area contributed by atoms with Gasteiger partial charge in [-0.05, 0) is 55.4 Å². The van der Waals surface area contributed by atoms with Crippen molar-refractivity contribution < 1.29 is 4.79 Å². The molecule has 3 heterocycles. The molecule has 1 saturated heterocycles. The van der Waals surface area contributed by atoms with Gasteiger partial charge in [-0.2, -0.15) is 0 Å². The topological polar surface area (TPSA) is 49.0 Å². The number of piperidine rings is 1. The number of hydrogen-bond donors (Lipinski definition) is 1. The van der Waals surface area contributed by atoms with Crippen LogP contribution in [0.25, 0.3) is 33.2 Å². The average molecular weight is 412 g/mol. The van der Waals surface area contributed by atoms with Crippen LogP contribution in [-0.4, -0.2) is 33.9 Å². The molecule has 1 amide bonds. The van der Waals surface area contributed by atoms with E-state index in [9.17, 15) is 4.79 Å². The minimum absolute atomic E-state index is 0.303. The van der Waals surface area contributed by atoms with Crippen molar-refractivity contribution in [2.75, 3.05) is 13.1 Å². The van der Waals surface area contributed by atoms with Crippen molar-refractivity contribution in [3.8, 4) is 11.4 Å². The molecule has 1 N–H and O–H groups in total. The largest absolute Gasteiger partial charge is 0.353 e. The number of carbonyl (C=O) groups excluding carboxylic acids is 1. The first-order valence-electron chi connectivity index (χ1n) is 11.4. The molecular weight excluding hydrogens is 382 g/mol.